The summed E-state index contributed by atoms with van der Waals surface area (Å²) in [4.78, 5) is 34.3. The van der Waals surface area contributed by atoms with Crippen LogP contribution in [0.3, 0.4) is 0 Å². The van der Waals surface area contributed by atoms with E-state index in [-0.39, 0.29) is 5.97 Å². The van der Waals surface area contributed by atoms with Gasteiger partial charge in [-0.2, -0.15) is 0 Å². The first-order chi connectivity index (χ1) is 12.8. The Bertz CT molecular complexity index is 623. The van der Waals surface area contributed by atoms with Crippen LogP contribution >= 0.6 is 0 Å². The Morgan fingerprint density at radius 3 is 1.79 bits per heavy atom. The lowest BCUT2D eigenvalue weighted by Crippen LogP contribution is -2.40. The molecule has 7 heteroatoms. The molecule has 1 amide bonds. The zero-order valence-electron chi connectivity index (χ0n) is 18.1. The van der Waals surface area contributed by atoms with Crippen molar-refractivity contribution in [2.45, 2.75) is 72.1 Å². The molecule has 0 radical (unpaired) electrons. The van der Waals surface area contributed by atoms with Crippen molar-refractivity contribution in [2.24, 2.45) is 0 Å². The molecule has 0 heterocycles. The second-order valence-corrected chi connectivity index (χ2v) is 7.95. The maximum absolute atomic E-state index is 12.4. The fraction of sp³-hybridized carbons (Fsp3) is 0.571. The van der Waals surface area contributed by atoms with Gasteiger partial charge in [0.2, 0.25) is 0 Å². The third kappa shape index (κ3) is 11.9. The molecule has 1 atom stereocenters. The molecule has 1 aromatic carbocycles. The van der Waals surface area contributed by atoms with Gasteiger partial charge in [0.1, 0.15) is 11.2 Å². The van der Waals surface area contributed by atoms with Crippen LogP contribution in [0.4, 0.5) is 4.79 Å². The third-order valence-corrected chi connectivity index (χ3v) is 2.95. The number of carbonyl (C=O) groups excluding carboxylic acids is 3. The van der Waals surface area contributed by atoms with E-state index in [0.717, 1.165) is 0 Å². The van der Waals surface area contributed by atoms with Gasteiger partial charge in [-0.05, 0) is 47.1 Å². The summed E-state index contributed by atoms with van der Waals surface area (Å²) < 4.78 is 14.8. The van der Waals surface area contributed by atoms with Gasteiger partial charge in [0.05, 0.1) is 7.11 Å². The molecule has 0 spiro atoms. The first kappa shape index (κ1) is 25.4. The van der Waals surface area contributed by atoms with E-state index in [1.807, 2.05) is 6.07 Å². The predicted octanol–water partition coefficient (Wildman–Crippen LogP) is 4.16. The van der Waals surface area contributed by atoms with Crippen LogP contribution in [0.1, 0.15) is 66.5 Å². The summed E-state index contributed by atoms with van der Waals surface area (Å²) in [5, 5.41) is 2.58. The van der Waals surface area contributed by atoms with Gasteiger partial charge in [-0.15, -0.1) is 0 Å². The standard InChI is InChI=1S/C17H25NO4.C4H8O2/c1-16(2,3)21-14(19)13(12-10-8-7-9-11-12)18-15(20)22-17(4,5)6;1-3-4(5)6-2/h7-11,13H,1-6H3,(H,18,20);3H2,1-2H3/t13-;/m0./s1. The summed E-state index contributed by atoms with van der Waals surface area (Å²) in [5.74, 6) is -0.681. The average molecular weight is 395 g/mol. The number of ether oxygens (including phenoxy) is 3. The SMILES string of the molecule is CC(C)(C)OC(=O)N[C@H](C(=O)OC(C)(C)C)c1ccccc1.CCC(=O)OC. The van der Waals surface area contributed by atoms with Crippen molar-refractivity contribution in [3.05, 3.63) is 35.9 Å². The lowest BCUT2D eigenvalue weighted by atomic mass is 10.1. The minimum absolute atomic E-state index is 0.157. The maximum atomic E-state index is 12.4. The van der Waals surface area contributed by atoms with Crippen molar-refractivity contribution < 1.29 is 28.6 Å². The van der Waals surface area contributed by atoms with Crippen LogP contribution in [0.25, 0.3) is 0 Å². The molecule has 0 unspecified atom stereocenters. The van der Waals surface area contributed by atoms with Gasteiger partial charge in [-0.1, -0.05) is 37.3 Å². The molecular formula is C21H33NO6. The van der Waals surface area contributed by atoms with Gasteiger partial charge in [-0.25, -0.2) is 9.59 Å². The Morgan fingerprint density at radius 1 is 0.929 bits per heavy atom. The molecule has 28 heavy (non-hydrogen) atoms. The van der Waals surface area contributed by atoms with E-state index < -0.39 is 29.3 Å². The number of methoxy groups -OCH3 is 1. The molecule has 0 bridgehead atoms. The van der Waals surface area contributed by atoms with Gasteiger partial charge in [-0.3, -0.25) is 4.79 Å². The summed E-state index contributed by atoms with van der Waals surface area (Å²) >= 11 is 0. The van der Waals surface area contributed by atoms with E-state index in [1.54, 1.807) is 72.7 Å². The number of benzene rings is 1. The average Bonchev–Trinajstić information content (AvgIpc) is 2.57. The summed E-state index contributed by atoms with van der Waals surface area (Å²) in [5.41, 5.74) is -0.637. The molecule has 0 aliphatic heterocycles. The maximum Gasteiger partial charge on any atom is 0.408 e. The second kappa shape index (κ2) is 11.3. The molecule has 0 aromatic heterocycles. The van der Waals surface area contributed by atoms with Gasteiger partial charge >= 0.3 is 18.0 Å². The second-order valence-electron chi connectivity index (χ2n) is 7.95. The van der Waals surface area contributed by atoms with Crippen LogP contribution in [0.5, 0.6) is 0 Å². The number of carbonyl (C=O) groups is 3. The van der Waals surface area contributed by atoms with Crippen LogP contribution in [-0.2, 0) is 23.8 Å². The Balaban J connectivity index is 0.00000105. The topological polar surface area (TPSA) is 90.9 Å². The number of rotatable bonds is 4. The van der Waals surface area contributed by atoms with Crippen molar-refractivity contribution >= 4 is 18.0 Å². The van der Waals surface area contributed by atoms with Crippen molar-refractivity contribution in [3.8, 4) is 0 Å². The quantitative estimate of drug-likeness (QED) is 0.608. The van der Waals surface area contributed by atoms with Crippen molar-refractivity contribution in [2.75, 3.05) is 7.11 Å². The number of alkyl carbamates (subject to hydrolysis) is 1. The zero-order valence-corrected chi connectivity index (χ0v) is 18.1. The highest BCUT2D eigenvalue weighted by molar-refractivity contribution is 5.83. The van der Waals surface area contributed by atoms with E-state index in [9.17, 15) is 14.4 Å². The third-order valence-electron chi connectivity index (χ3n) is 2.95. The lowest BCUT2D eigenvalue weighted by molar-refractivity contribution is -0.157. The Kier molecular flexibility index (Phi) is 10.3. The highest BCUT2D eigenvalue weighted by Crippen LogP contribution is 2.19. The molecule has 1 aromatic rings. The van der Waals surface area contributed by atoms with E-state index in [0.29, 0.717) is 12.0 Å². The summed E-state index contributed by atoms with van der Waals surface area (Å²) in [6, 6.07) is 8.03. The molecule has 158 valence electrons. The number of amides is 1. The Labute approximate surface area is 167 Å². The monoisotopic (exact) mass is 395 g/mol. The van der Waals surface area contributed by atoms with Crippen LogP contribution in [-0.4, -0.2) is 36.3 Å². The fourth-order valence-corrected chi connectivity index (χ4v) is 1.85. The minimum Gasteiger partial charge on any atom is -0.469 e. The highest BCUT2D eigenvalue weighted by atomic mass is 16.6. The number of hydrogen-bond acceptors (Lipinski definition) is 6. The van der Waals surface area contributed by atoms with Crippen LogP contribution in [0.15, 0.2) is 30.3 Å². The predicted molar refractivity (Wildman–Crippen MR) is 107 cm³/mol. The first-order valence-electron chi connectivity index (χ1n) is 9.13. The largest absolute Gasteiger partial charge is 0.469 e. The van der Waals surface area contributed by atoms with Crippen molar-refractivity contribution in [3.63, 3.8) is 0 Å². The van der Waals surface area contributed by atoms with Crippen LogP contribution in [0, 0.1) is 0 Å². The van der Waals surface area contributed by atoms with Crippen LogP contribution < -0.4 is 5.32 Å². The van der Waals surface area contributed by atoms with Crippen molar-refractivity contribution in [1.82, 2.24) is 5.32 Å². The molecule has 0 aliphatic carbocycles. The molecule has 0 fully saturated rings. The molecular weight excluding hydrogens is 362 g/mol. The molecule has 0 saturated carbocycles. The number of esters is 2. The van der Waals surface area contributed by atoms with Crippen molar-refractivity contribution in [1.29, 1.82) is 0 Å². The lowest BCUT2D eigenvalue weighted by Gasteiger charge is -2.26. The first-order valence-corrected chi connectivity index (χ1v) is 9.13. The summed E-state index contributed by atoms with van der Waals surface area (Å²) in [7, 11) is 1.38. The summed E-state index contributed by atoms with van der Waals surface area (Å²) in [6.07, 6.45) is -0.191. The number of nitrogens with one attached hydrogen (secondary N) is 1. The molecule has 1 rings (SSSR count). The van der Waals surface area contributed by atoms with E-state index in [2.05, 4.69) is 10.1 Å². The number of hydrogen-bond donors (Lipinski definition) is 1. The Morgan fingerprint density at radius 2 is 1.43 bits per heavy atom. The highest BCUT2D eigenvalue weighted by Gasteiger charge is 2.29. The van der Waals surface area contributed by atoms with Crippen LogP contribution in [0.2, 0.25) is 0 Å². The van der Waals surface area contributed by atoms with E-state index >= 15 is 0 Å². The molecule has 0 aliphatic rings. The molecule has 0 saturated heterocycles. The van der Waals surface area contributed by atoms with Gasteiger partial charge in [0.15, 0.2) is 6.04 Å². The van der Waals surface area contributed by atoms with E-state index in [1.165, 1.54) is 7.11 Å². The minimum atomic E-state index is -0.907. The van der Waals surface area contributed by atoms with Gasteiger partial charge in [0.25, 0.3) is 0 Å². The fourth-order valence-electron chi connectivity index (χ4n) is 1.85. The summed E-state index contributed by atoms with van der Waals surface area (Å²) in [6.45, 7) is 12.4. The van der Waals surface area contributed by atoms with Gasteiger partial charge < -0.3 is 19.5 Å². The zero-order chi connectivity index (χ0) is 22.0. The molecule has 1 N–H and O–H groups in total. The molecule has 7 nitrogen and oxygen atoms in total. The Hall–Kier alpha value is -2.57. The van der Waals surface area contributed by atoms with E-state index in [4.69, 9.17) is 9.47 Å². The normalized spacial score (nSPS) is 12.0. The smallest absolute Gasteiger partial charge is 0.408 e. The van der Waals surface area contributed by atoms with Gasteiger partial charge in [0, 0.05) is 6.42 Å².